The van der Waals surface area contributed by atoms with Crippen LogP contribution in [0.2, 0.25) is 5.02 Å². The van der Waals surface area contributed by atoms with Crippen LogP contribution in [0, 0.1) is 6.92 Å². The Morgan fingerprint density at radius 2 is 1.94 bits per heavy atom. The van der Waals surface area contributed by atoms with Crippen molar-refractivity contribution in [2.45, 2.75) is 6.92 Å². The van der Waals surface area contributed by atoms with Crippen molar-refractivity contribution < 1.29 is 28.4 Å². The number of nitrogens with one attached hydrogen (secondary N) is 1. The Kier molecular flexibility index (Phi) is 7.54. The molecule has 1 saturated heterocycles. The van der Waals surface area contributed by atoms with E-state index < -0.39 is 5.91 Å². The number of nitrogens with zero attached hydrogens (tertiary/aromatic N) is 3. The molecule has 1 fully saturated rings. The van der Waals surface area contributed by atoms with E-state index in [0.717, 1.165) is 0 Å². The second-order valence-corrected chi connectivity index (χ2v) is 7.59. The lowest BCUT2D eigenvalue weighted by Crippen LogP contribution is -2.50. The minimum Gasteiger partial charge on any atom is -0.493 e. The number of carbonyl (C=O) groups excluding carboxylic acids is 3. The lowest BCUT2D eigenvalue weighted by Gasteiger charge is -2.34. The van der Waals surface area contributed by atoms with E-state index in [-0.39, 0.29) is 41.5 Å². The molecule has 0 spiro atoms. The van der Waals surface area contributed by atoms with Crippen molar-refractivity contribution in [3.8, 4) is 11.5 Å². The molecule has 0 saturated carbocycles. The average molecular weight is 466 g/mol. The van der Waals surface area contributed by atoms with E-state index in [1.165, 1.54) is 19.2 Å². The van der Waals surface area contributed by atoms with Gasteiger partial charge in [-0.15, -0.1) is 0 Å². The smallest absolute Gasteiger partial charge is 0.255 e. The van der Waals surface area contributed by atoms with E-state index in [0.29, 0.717) is 43.3 Å². The number of carbonyl (C=O) groups is 3. The predicted molar refractivity (Wildman–Crippen MR) is 115 cm³/mol. The minimum atomic E-state index is -0.661. The molecule has 32 heavy (non-hydrogen) atoms. The number of piperazine rings is 1. The molecule has 1 aromatic heterocycles. The summed E-state index contributed by atoms with van der Waals surface area (Å²) in [5.74, 6) is 0.246. The van der Waals surface area contributed by atoms with Gasteiger partial charge < -0.3 is 29.9 Å². The van der Waals surface area contributed by atoms with Crippen molar-refractivity contribution in [2.75, 3.05) is 51.8 Å². The lowest BCUT2D eigenvalue weighted by atomic mass is 10.1. The number of halogens is 1. The SMILES string of the molecule is COc1cc(C(=O)N2CCN(CC(=O)Nc3cc(C)on3)CC2)cc(Cl)c1OCC(N)=O. The number of amides is 3. The highest BCUT2D eigenvalue weighted by Gasteiger charge is 2.25. The minimum absolute atomic E-state index is 0.132. The standard InChI is InChI=1S/C20H24ClN5O6/c1-12-7-17(24-32-12)23-18(28)10-25-3-5-26(6-4-25)20(29)13-8-14(21)19(15(9-13)30-2)31-11-16(22)27/h7-9H,3-6,10-11H2,1-2H3,(H2,22,27)(H,23,24,28). The molecule has 0 bridgehead atoms. The molecule has 0 atom stereocenters. The first-order valence-electron chi connectivity index (χ1n) is 9.80. The molecule has 172 valence electrons. The van der Waals surface area contributed by atoms with Gasteiger partial charge in [0.2, 0.25) is 5.91 Å². The molecule has 12 heteroatoms. The molecular formula is C20H24ClN5O6. The molecule has 0 radical (unpaired) electrons. The van der Waals surface area contributed by atoms with E-state index in [2.05, 4.69) is 10.5 Å². The summed E-state index contributed by atoms with van der Waals surface area (Å²) in [4.78, 5) is 39.7. The van der Waals surface area contributed by atoms with E-state index in [4.69, 9.17) is 31.3 Å². The van der Waals surface area contributed by atoms with Crippen LogP contribution in [0.4, 0.5) is 5.82 Å². The monoisotopic (exact) mass is 465 g/mol. The first kappa shape index (κ1) is 23.4. The first-order chi connectivity index (χ1) is 15.3. The highest BCUT2D eigenvalue weighted by atomic mass is 35.5. The molecule has 2 heterocycles. The normalized spacial score (nSPS) is 14.2. The Morgan fingerprint density at radius 1 is 1.22 bits per heavy atom. The topological polar surface area (TPSA) is 140 Å². The third-order valence-electron chi connectivity index (χ3n) is 4.76. The van der Waals surface area contributed by atoms with Crippen molar-refractivity contribution in [1.29, 1.82) is 0 Å². The van der Waals surface area contributed by atoms with Crippen molar-refractivity contribution in [2.24, 2.45) is 5.73 Å². The van der Waals surface area contributed by atoms with Gasteiger partial charge in [-0.25, -0.2) is 0 Å². The van der Waals surface area contributed by atoms with Gasteiger partial charge in [0.25, 0.3) is 11.8 Å². The maximum atomic E-state index is 13.0. The second kappa shape index (κ2) is 10.3. The fourth-order valence-electron chi connectivity index (χ4n) is 3.23. The summed E-state index contributed by atoms with van der Waals surface area (Å²) in [5.41, 5.74) is 5.42. The fourth-order valence-corrected chi connectivity index (χ4v) is 3.49. The summed E-state index contributed by atoms with van der Waals surface area (Å²) < 4.78 is 15.5. The summed E-state index contributed by atoms with van der Waals surface area (Å²) >= 11 is 6.24. The number of rotatable bonds is 8. The number of methoxy groups -OCH3 is 1. The van der Waals surface area contributed by atoms with E-state index in [1.54, 1.807) is 17.9 Å². The third-order valence-corrected chi connectivity index (χ3v) is 5.04. The number of aryl methyl sites for hydroxylation is 1. The van der Waals surface area contributed by atoms with Crippen LogP contribution in [0.25, 0.3) is 0 Å². The molecule has 3 rings (SSSR count). The van der Waals surface area contributed by atoms with Crippen molar-refractivity contribution >= 4 is 35.1 Å². The molecule has 0 unspecified atom stereocenters. The highest BCUT2D eigenvalue weighted by Crippen LogP contribution is 2.36. The molecule has 2 aromatic rings. The van der Waals surface area contributed by atoms with Gasteiger partial charge in [0.05, 0.1) is 18.7 Å². The van der Waals surface area contributed by atoms with Crippen LogP contribution in [0.1, 0.15) is 16.1 Å². The highest BCUT2D eigenvalue weighted by molar-refractivity contribution is 6.32. The van der Waals surface area contributed by atoms with E-state index in [1.807, 2.05) is 4.90 Å². The van der Waals surface area contributed by atoms with Crippen molar-refractivity contribution in [1.82, 2.24) is 15.0 Å². The number of benzene rings is 1. The zero-order chi connectivity index (χ0) is 23.3. The largest absolute Gasteiger partial charge is 0.493 e. The van der Waals surface area contributed by atoms with Gasteiger partial charge in [-0.3, -0.25) is 19.3 Å². The maximum absolute atomic E-state index is 13.0. The maximum Gasteiger partial charge on any atom is 0.255 e. The Morgan fingerprint density at radius 3 is 2.53 bits per heavy atom. The number of ether oxygens (including phenoxy) is 2. The van der Waals surface area contributed by atoms with Crippen LogP contribution >= 0.6 is 11.6 Å². The first-order valence-corrected chi connectivity index (χ1v) is 10.2. The summed E-state index contributed by atoms with van der Waals surface area (Å²) in [5, 5.41) is 6.54. The molecule has 3 N–H and O–H groups in total. The summed E-state index contributed by atoms with van der Waals surface area (Å²) in [6.45, 7) is 3.49. The van der Waals surface area contributed by atoms with E-state index >= 15 is 0 Å². The molecular weight excluding hydrogens is 442 g/mol. The summed E-state index contributed by atoms with van der Waals surface area (Å²) in [6, 6.07) is 4.60. The van der Waals surface area contributed by atoms with Crippen LogP contribution in [0.3, 0.4) is 0 Å². The molecule has 3 amide bonds. The molecule has 0 aliphatic carbocycles. The Labute approximate surface area is 189 Å². The zero-order valence-corrected chi connectivity index (χ0v) is 18.5. The van der Waals surface area contributed by atoms with Crippen LogP contribution < -0.4 is 20.5 Å². The van der Waals surface area contributed by atoms with Gasteiger partial charge in [0.1, 0.15) is 5.76 Å². The van der Waals surface area contributed by atoms with Gasteiger partial charge in [-0.2, -0.15) is 0 Å². The number of anilines is 1. The van der Waals surface area contributed by atoms with Gasteiger partial charge >= 0.3 is 0 Å². The Bertz CT molecular complexity index is 1000. The molecule has 1 aliphatic rings. The van der Waals surface area contributed by atoms with E-state index in [9.17, 15) is 14.4 Å². The number of primary amides is 1. The summed E-state index contributed by atoms with van der Waals surface area (Å²) in [7, 11) is 1.40. The zero-order valence-electron chi connectivity index (χ0n) is 17.7. The predicted octanol–water partition coefficient (Wildman–Crippen LogP) is 0.906. The molecule has 1 aliphatic heterocycles. The number of aromatic nitrogens is 1. The third kappa shape index (κ3) is 5.89. The molecule has 1 aromatic carbocycles. The Balaban J connectivity index is 1.57. The van der Waals surface area contributed by atoms with Gasteiger partial charge in [-0.05, 0) is 19.1 Å². The van der Waals surface area contributed by atoms with Crippen LogP contribution in [0.5, 0.6) is 11.5 Å². The van der Waals surface area contributed by atoms with Gasteiger partial charge in [0.15, 0.2) is 23.9 Å². The quantitative estimate of drug-likeness (QED) is 0.586. The number of nitrogens with two attached hydrogens (primary N) is 1. The van der Waals surface area contributed by atoms with Crippen molar-refractivity contribution in [3.05, 3.63) is 34.5 Å². The summed E-state index contributed by atoms with van der Waals surface area (Å²) in [6.07, 6.45) is 0. The molecule has 11 nitrogen and oxygen atoms in total. The Hall–Kier alpha value is -3.31. The average Bonchev–Trinajstić information content (AvgIpc) is 3.16. The number of hydrogen-bond acceptors (Lipinski definition) is 8. The lowest BCUT2D eigenvalue weighted by molar-refractivity contribution is -0.120. The van der Waals surface area contributed by atoms with Crippen LogP contribution in [0.15, 0.2) is 22.7 Å². The second-order valence-electron chi connectivity index (χ2n) is 7.18. The fraction of sp³-hybridized carbons (Fsp3) is 0.400. The number of hydrogen-bond donors (Lipinski definition) is 2. The van der Waals surface area contributed by atoms with Crippen LogP contribution in [-0.4, -0.2) is 79.1 Å². The van der Waals surface area contributed by atoms with Gasteiger partial charge in [-0.1, -0.05) is 16.8 Å². The van der Waals surface area contributed by atoms with Crippen LogP contribution in [-0.2, 0) is 9.59 Å². The van der Waals surface area contributed by atoms with Gasteiger partial charge in [0, 0.05) is 37.8 Å². The van der Waals surface area contributed by atoms with Crippen molar-refractivity contribution in [3.63, 3.8) is 0 Å².